The molecule has 1 heterocycles. The van der Waals surface area contributed by atoms with Crippen molar-refractivity contribution in [2.45, 2.75) is 33.6 Å². The summed E-state index contributed by atoms with van der Waals surface area (Å²) in [7, 11) is 1.50. The van der Waals surface area contributed by atoms with E-state index in [1.807, 2.05) is 38.1 Å². The summed E-state index contributed by atoms with van der Waals surface area (Å²) in [5.41, 5.74) is 4.16. The standard InChI is InChI=1S/C36H34BrClN4O5/c1-6-46-31-15-22(4)28(18-27(31)21(2)3)35-41-30-10-8-7-9-26(30)36(44)42(35)39-19-23-16-29(37)34(32(17-23)45-5)47-20-33(43)40-25-13-11-24(38)12-14-25/h7-19,21H,6,20H2,1-5H3,(H,40,43). The third-order valence-corrected chi connectivity index (χ3v) is 8.16. The van der Waals surface area contributed by atoms with E-state index >= 15 is 0 Å². The maximum absolute atomic E-state index is 13.9. The summed E-state index contributed by atoms with van der Waals surface area (Å²) >= 11 is 9.46. The number of carbonyl (C=O) groups is 1. The molecule has 0 saturated heterocycles. The van der Waals surface area contributed by atoms with Crippen LogP contribution in [0.25, 0.3) is 22.3 Å². The number of para-hydroxylation sites is 1. The number of hydrogen-bond acceptors (Lipinski definition) is 7. The van der Waals surface area contributed by atoms with Crippen molar-refractivity contribution in [1.82, 2.24) is 9.66 Å². The number of methoxy groups -OCH3 is 1. The molecule has 11 heteroatoms. The van der Waals surface area contributed by atoms with Crippen molar-refractivity contribution in [2.24, 2.45) is 5.10 Å². The number of halogens is 2. The van der Waals surface area contributed by atoms with E-state index < -0.39 is 0 Å². The number of carbonyl (C=O) groups excluding carboxylic acids is 1. The molecule has 0 atom stereocenters. The zero-order valence-electron chi connectivity index (χ0n) is 26.6. The van der Waals surface area contributed by atoms with Crippen molar-refractivity contribution in [2.75, 3.05) is 25.6 Å². The van der Waals surface area contributed by atoms with Crippen LogP contribution >= 0.6 is 27.5 Å². The fourth-order valence-corrected chi connectivity index (χ4v) is 5.72. The highest BCUT2D eigenvalue weighted by atomic mass is 79.9. The normalized spacial score (nSPS) is 11.3. The van der Waals surface area contributed by atoms with Crippen LogP contribution in [0.15, 0.2) is 87.2 Å². The minimum atomic E-state index is -0.354. The van der Waals surface area contributed by atoms with Gasteiger partial charge in [0.25, 0.3) is 11.5 Å². The second-order valence-electron chi connectivity index (χ2n) is 11.0. The Morgan fingerprint density at radius 2 is 1.81 bits per heavy atom. The van der Waals surface area contributed by atoms with E-state index in [0.717, 1.165) is 22.4 Å². The summed E-state index contributed by atoms with van der Waals surface area (Å²) in [6.45, 7) is 8.40. The molecule has 0 fully saturated rings. The minimum absolute atomic E-state index is 0.175. The highest BCUT2D eigenvalue weighted by Gasteiger charge is 2.19. The fourth-order valence-electron chi connectivity index (χ4n) is 5.02. The molecule has 4 aromatic carbocycles. The molecule has 47 heavy (non-hydrogen) atoms. The zero-order valence-corrected chi connectivity index (χ0v) is 29.0. The lowest BCUT2D eigenvalue weighted by atomic mass is 9.96. The van der Waals surface area contributed by atoms with Crippen molar-refractivity contribution < 1.29 is 19.0 Å². The molecule has 0 radical (unpaired) electrons. The third-order valence-electron chi connectivity index (χ3n) is 7.32. The van der Waals surface area contributed by atoms with Gasteiger partial charge in [0.1, 0.15) is 5.75 Å². The van der Waals surface area contributed by atoms with Crippen LogP contribution in [0.2, 0.25) is 5.02 Å². The summed E-state index contributed by atoms with van der Waals surface area (Å²) < 4.78 is 19.2. The maximum atomic E-state index is 13.9. The number of rotatable bonds is 11. The first-order valence-electron chi connectivity index (χ1n) is 15.0. The third kappa shape index (κ3) is 7.66. The average Bonchev–Trinajstić information content (AvgIpc) is 3.04. The number of benzene rings is 4. The molecule has 0 aliphatic carbocycles. The van der Waals surface area contributed by atoms with E-state index in [1.165, 1.54) is 11.8 Å². The van der Waals surface area contributed by atoms with Crippen LogP contribution in [-0.2, 0) is 4.79 Å². The molecule has 1 aromatic heterocycles. The van der Waals surface area contributed by atoms with Crippen molar-refractivity contribution >= 4 is 56.2 Å². The monoisotopic (exact) mass is 716 g/mol. The highest BCUT2D eigenvalue weighted by Crippen LogP contribution is 2.37. The molecule has 5 aromatic rings. The molecule has 0 aliphatic heterocycles. The van der Waals surface area contributed by atoms with E-state index in [4.69, 9.17) is 30.8 Å². The van der Waals surface area contributed by atoms with E-state index in [-0.39, 0.29) is 24.0 Å². The first-order valence-corrected chi connectivity index (χ1v) is 16.2. The molecule has 0 spiro atoms. The number of aryl methyl sites for hydroxylation is 1. The molecule has 0 aliphatic rings. The molecule has 1 amide bonds. The van der Waals surface area contributed by atoms with Crippen LogP contribution in [0, 0.1) is 6.92 Å². The lowest BCUT2D eigenvalue weighted by molar-refractivity contribution is -0.118. The Hall–Kier alpha value is -4.67. The van der Waals surface area contributed by atoms with Crippen molar-refractivity contribution in [3.63, 3.8) is 0 Å². The summed E-state index contributed by atoms with van der Waals surface area (Å²) in [5.74, 6) is 1.75. The summed E-state index contributed by atoms with van der Waals surface area (Å²) in [6.07, 6.45) is 1.55. The fraction of sp³-hybridized carbons (Fsp3) is 0.222. The van der Waals surface area contributed by atoms with Gasteiger partial charge in [-0.25, -0.2) is 4.98 Å². The first-order chi connectivity index (χ1) is 22.6. The van der Waals surface area contributed by atoms with Crippen molar-refractivity contribution in [3.8, 4) is 28.6 Å². The van der Waals surface area contributed by atoms with Gasteiger partial charge in [0.15, 0.2) is 23.9 Å². The van der Waals surface area contributed by atoms with Gasteiger partial charge in [-0.2, -0.15) is 9.78 Å². The van der Waals surface area contributed by atoms with Crippen LogP contribution in [0.3, 0.4) is 0 Å². The van der Waals surface area contributed by atoms with Gasteiger partial charge >= 0.3 is 0 Å². The predicted octanol–water partition coefficient (Wildman–Crippen LogP) is 8.22. The summed E-state index contributed by atoms with van der Waals surface area (Å²) in [6, 6.07) is 21.5. The van der Waals surface area contributed by atoms with Gasteiger partial charge in [-0.3, -0.25) is 9.59 Å². The minimum Gasteiger partial charge on any atom is -0.494 e. The number of nitrogens with one attached hydrogen (secondary N) is 1. The number of anilines is 1. The number of fused-ring (bicyclic) bond motifs is 1. The van der Waals surface area contributed by atoms with Crippen LogP contribution in [0.4, 0.5) is 5.69 Å². The van der Waals surface area contributed by atoms with Gasteiger partial charge in [-0.15, -0.1) is 0 Å². The Morgan fingerprint density at radius 1 is 1.06 bits per heavy atom. The van der Waals surface area contributed by atoms with Gasteiger partial charge in [-0.05, 0) is 113 Å². The van der Waals surface area contributed by atoms with Gasteiger partial charge in [0.2, 0.25) is 0 Å². The Bertz CT molecular complexity index is 2030. The molecule has 0 unspecified atom stereocenters. The molecule has 242 valence electrons. The number of aromatic nitrogens is 2. The van der Waals surface area contributed by atoms with E-state index in [9.17, 15) is 9.59 Å². The SMILES string of the molecule is CCOc1cc(C)c(-c2nc3ccccc3c(=O)n2N=Cc2cc(Br)c(OCC(=O)Nc3ccc(Cl)cc3)c(OC)c2)cc1C(C)C. The quantitative estimate of drug-likeness (QED) is 0.138. The van der Waals surface area contributed by atoms with E-state index in [1.54, 1.807) is 54.7 Å². The Morgan fingerprint density at radius 3 is 2.51 bits per heavy atom. The number of ether oxygens (including phenoxy) is 3. The Labute approximate surface area is 286 Å². The van der Waals surface area contributed by atoms with Gasteiger partial charge in [-0.1, -0.05) is 37.6 Å². The lowest BCUT2D eigenvalue weighted by Crippen LogP contribution is -2.21. The largest absolute Gasteiger partial charge is 0.494 e. The molecule has 0 bridgehead atoms. The second kappa shape index (κ2) is 14.8. The Balaban J connectivity index is 1.50. The highest BCUT2D eigenvalue weighted by molar-refractivity contribution is 9.10. The van der Waals surface area contributed by atoms with Crippen molar-refractivity contribution in [1.29, 1.82) is 0 Å². The topological polar surface area (TPSA) is 104 Å². The predicted molar refractivity (Wildman–Crippen MR) is 191 cm³/mol. The first kappa shape index (κ1) is 33.7. The van der Waals surface area contributed by atoms with E-state index in [0.29, 0.717) is 55.6 Å². The second-order valence-corrected chi connectivity index (χ2v) is 12.3. The average molecular weight is 718 g/mol. The van der Waals surface area contributed by atoms with Crippen LogP contribution < -0.4 is 25.1 Å². The number of amides is 1. The van der Waals surface area contributed by atoms with Gasteiger partial charge < -0.3 is 19.5 Å². The van der Waals surface area contributed by atoms with E-state index in [2.05, 4.69) is 40.2 Å². The smallest absolute Gasteiger partial charge is 0.282 e. The van der Waals surface area contributed by atoms with Crippen molar-refractivity contribution in [3.05, 3.63) is 109 Å². The Kier molecular flexibility index (Phi) is 10.6. The molecule has 9 nitrogen and oxygen atoms in total. The molecule has 1 N–H and O–H groups in total. The maximum Gasteiger partial charge on any atom is 0.282 e. The molecule has 0 saturated carbocycles. The van der Waals surface area contributed by atoms with Crippen LogP contribution in [-0.4, -0.2) is 42.1 Å². The summed E-state index contributed by atoms with van der Waals surface area (Å²) in [5, 5.41) is 8.42. The lowest BCUT2D eigenvalue weighted by Gasteiger charge is -2.18. The van der Waals surface area contributed by atoms with Gasteiger partial charge in [0, 0.05) is 16.3 Å². The number of hydrogen-bond donors (Lipinski definition) is 1. The molecule has 5 rings (SSSR count). The van der Waals surface area contributed by atoms with Gasteiger partial charge in [0.05, 0.1) is 35.3 Å². The van der Waals surface area contributed by atoms with Crippen LogP contribution in [0.1, 0.15) is 43.4 Å². The van der Waals surface area contributed by atoms with Crippen LogP contribution in [0.5, 0.6) is 17.2 Å². The summed E-state index contributed by atoms with van der Waals surface area (Å²) in [4.78, 5) is 31.3. The molecular formula is C36H34BrClN4O5. The molecular weight excluding hydrogens is 684 g/mol. The zero-order chi connectivity index (χ0) is 33.7. The number of nitrogens with zero attached hydrogens (tertiary/aromatic N) is 3.